The predicted octanol–water partition coefficient (Wildman–Crippen LogP) is 6.83. The number of hydrogen-bond donors (Lipinski definition) is 0. The van der Waals surface area contributed by atoms with Crippen LogP contribution in [0.5, 0.6) is 0 Å². The summed E-state index contributed by atoms with van der Waals surface area (Å²) in [6, 6.07) is 4.30. The average molecular weight is 339 g/mol. The quantitative estimate of drug-likeness (QED) is 0.481. The van der Waals surface area contributed by atoms with Crippen LogP contribution >= 0.6 is 0 Å². The molecule has 1 nitrogen and oxygen atoms in total. The van der Waals surface area contributed by atoms with E-state index in [1.807, 2.05) is 12.4 Å². The molecule has 4 aliphatic rings. The van der Waals surface area contributed by atoms with E-state index in [-0.39, 0.29) is 0 Å². The fraction of sp³-hybridized carbons (Fsp3) is 0.750. The summed E-state index contributed by atoms with van der Waals surface area (Å²) in [5.74, 6) is 4.19. The zero-order valence-corrected chi connectivity index (χ0v) is 16.1. The van der Waals surface area contributed by atoms with Crippen molar-refractivity contribution < 1.29 is 0 Å². The molecule has 4 fully saturated rings. The van der Waals surface area contributed by atoms with Gasteiger partial charge in [0.1, 0.15) is 0 Å². The zero-order chi connectivity index (χ0) is 17.1. The molecule has 137 valence electrons. The van der Waals surface area contributed by atoms with Crippen LogP contribution in [0.4, 0.5) is 0 Å². The number of pyridine rings is 1. The van der Waals surface area contributed by atoms with E-state index < -0.39 is 0 Å². The van der Waals surface area contributed by atoms with Crippen molar-refractivity contribution in [1.29, 1.82) is 0 Å². The first kappa shape index (κ1) is 17.6. The van der Waals surface area contributed by atoms with Crippen LogP contribution in [0.1, 0.15) is 89.5 Å². The first-order valence-corrected chi connectivity index (χ1v) is 11.0. The summed E-state index contributed by atoms with van der Waals surface area (Å²) in [6.07, 6.45) is 24.2. The zero-order valence-electron chi connectivity index (χ0n) is 16.1. The molecule has 1 radical (unpaired) electrons. The number of aromatic nitrogens is 1. The average Bonchev–Trinajstić information content (AvgIpc) is 2.61. The Morgan fingerprint density at radius 3 is 2.28 bits per heavy atom. The van der Waals surface area contributed by atoms with Gasteiger partial charge in [0.05, 0.1) is 0 Å². The van der Waals surface area contributed by atoms with Crippen molar-refractivity contribution in [2.45, 2.75) is 84.0 Å². The Hall–Kier alpha value is -0.850. The van der Waals surface area contributed by atoms with E-state index in [4.69, 9.17) is 0 Å². The summed E-state index contributed by atoms with van der Waals surface area (Å²) in [6.45, 7) is 2.34. The Labute approximate surface area is 155 Å². The summed E-state index contributed by atoms with van der Waals surface area (Å²) < 4.78 is 0. The Morgan fingerprint density at radius 2 is 1.68 bits per heavy atom. The molecule has 1 aromatic heterocycles. The van der Waals surface area contributed by atoms with Crippen LogP contribution in [-0.4, -0.2) is 4.98 Å². The van der Waals surface area contributed by atoms with E-state index in [0.29, 0.717) is 0 Å². The van der Waals surface area contributed by atoms with Gasteiger partial charge in [0.2, 0.25) is 0 Å². The largest absolute Gasteiger partial charge is 0.265 e. The van der Waals surface area contributed by atoms with Crippen LogP contribution in [0.25, 0.3) is 0 Å². The molecule has 4 bridgehead atoms. The molecule has 0 spiro atoms. The fourth-order valence-corrected chi connectivity index (χ4v) is 6.78. The van der Waals surface area contributed by atoms with Gasteiger partial charge in [-0.05, 0) is 111 Å². The summed E-state index contributed by atoms with van der Waals surface area (Å²) in [5, 5.41) is 0. The van der Waals surface area contributed by atoms with Gasteiger partial charge in [-0.3, -0.25) is 4.98 Å². The van der Waals surface area contributed by atoms with Crippen molar-refractivity contribution >= 4 is 0 Å². The van der Waals surface area contributed by atoms with Crippen molar-refractivity contribution in [2.75, 3.05) is 0 Å². The molecule has 1 heteroatoms. The molecule has 4 aliphatic carbocycles. The van der Waals surface area contributed by atoms with Gasteiger partial charge in [0.25, 0.3) is 0 Å². The molecule has 1 aromatic rings. The summed E-state index contributed by atoms with van der Waals surface area (Å²) >= 11 is 0. The highest BCUT2D eigenvalue weighted by Gasteiger charge is 2.50. The standard InChI is InChI=1S/C24H36N/c1-2-3-4-19(5-6-20-8-11-25-12-9-20)7-10-24-16-21-13-22(17-24)15-23(14-21)18-24/h6,8-9,11-12,19,21-23H,2-5,7,10,13-18H2,1H3. The number of unbranched alkanes of at least 4 members (excludes halogenated alkanes) is 1. The lowest BCUT2D eigenvalue weighted by molar-refractivity contribution is -0.0601. The van der Waals surface area contributed by atoms with E-state index in [2.05, 4.69) is 30.5 Å². The molecule has 0 amide bonds. The van der Waals surface area contributed by atoms with Crippen molar-refractivity contribution in [3.8, 4) is 0 Å². The molecule has 0 aromatic carbocycles. The van der Waals surface area contributed by atoms with Gasteiger partial charge in [0, 0.05) is 12.4 Å². The maximum absolute atomic E-state index is 4.14. The second-order valence-electron chi connectivity index (χ2n) is 9.68. The minimum Gasteiger partial charge on any atom is -0.265 e. The van der Waals surface area contributed by atoms with Crippen LogP contribution in [0.2, 0.25) is 0 Å². The van der Waals surface area contributed by atoms with Gasteiger partial charge in [-0.15, -0.1) is 0 Å². The second-order valence-corrected chi connectivity index (χ2v) is 9.68. The van der Waals surface area contributed by atoms with Crippen LogP contribution in [-0.2, 0) is 0 Å². The molecule has 0 aliphatic heterocycles. The molecule has 1 heterocycles. The third-order valence-corrected chi connectivity index (χ3v) is 7.61. The van der Waals surface area contributed by atoms with E-state index >= 15 is 0 Å². The van der Waals surface area contributed by atoms with Crippen LogP contribution in [0, 0.1) is 35.5 Å². The van der Waals surface area contributed by atoms with E-state index in [1.54, 1.807) is 38.5 Å². The monoisotopic (exact) mass is 338 g/mol. The summed E-state index contributed by atoms with van der Waals surface area (Å²) in [4.78, 5) is 4.14. The van der Waals surface area contributed by atoms with Crippen molar-refractivity contribution in [3.05, 3.63) is 36.5 Å². The molecule has 1 atom stereocenters. The van der Waals surface area contributed by atoms with E-state index in [0.717, 1.165) is 29.1 Å². The topological polar surface area (TPSA) is 12.9 Å². The Kier molecular flexibility index (Phi) is 5.48. The lowest BCUT2D eigenvalue weighted by Crippen LogP contribution is -2.46. The van der Waals surface area contributed by atoms with Crippen LogP contribution < -0.4 is 0 Å². The lowest BCUT2D eigenvalue weighted by atomic mass is 9.48. The van der Waals surface area contributed by atoms with Gasteiger partial charge in [-0.25, -0.2) is 0 Å². The first-order valence-electron chi connectivity index (χ1n) is 11.0. The Bertz CT molecular complexity index is 499. The molecule has 1 unspecified atom stereocenters. The molecular weight excluding hydrogens is 302 g/mol. The third kappa shape index (κ3) is 4.29. The number of rotatable bonds is 9. The molecule has 0 N–H and O–H groups in total. The van der Waals surface area contributed by atoms with E-state index in [9.17, 15) is 0 Å². The van der Waals surface area contributed by atoms with Gasteiger partial charge in [-0.1, -0.05) is 26.2 Å². The van der Waals surface area contributed by atoms with Crippen molar-refractivity contribution in [3.63, 3.8) is 0 Å². The minimum atomic E-state index is 0.760. The maximum Gasteiger partial charge on any atom is 0.0270 e. The van der Waals surface area contributed by atoms with Crippen LogP contribution in [0.15, 0.2) is 24.5 Å². The minimum absolute atomic E-state index is 0.760. The maximum atomic E-state index is 4.14. The fourth-order valence-electron chi connectivity index (χ4n) is 6.78. The number of nitrogens with zero attached hydrogens (tertiary/aromatic N) is 1. The lowest BCUT2D eigenvalue weighted by Gasteiger charge is -2.57. The SMILES string of the molecule is CCCCC(C[CH]c1ccncc1)CCC12CC3CC(CC(C3)C1)C2. The normalized spacial score (nSPS) is 34.4. The van der Waals surface area contributed by atoms with Gasteiger partial charge in [0.15, 0.2) is 0 Å². The summed E-state index contributed by atoms with van der Waals surface area (Å²) in [7, 11) is 0. The molecule has 0 saturated heterocycles. The van der Waals surface area contributed by atoms with Crippen molar-refractivity contribution in [1.82, 2.24) is 4.98 Å². The van der Waals surface area contributed by atoms with Gasteiger partial charge < -0.3 is 0 Å². The van der Waals surface area contributed by atoms with E-state index in [1.165, 1.54) is 44.1 Å². The van der Waals surface area contributed by atoms with Crippen molar-refractivity contribution in [2.24, 2.45) is 29.1 Å². The third-order valence-electron chi connectivity index (χ3n) is 7.61. The molecule has 4 saturated carbocycles. The highest BCUT2D eigenvalue weighted by Crippen LogP contribution is 2.61. The highest BCUT2D eigenvalue weighted by atomic mass is 14.6. The highest BCUT2D eigenvalue weighted by molar-refractivity contribution is 5.19. The Balaban J connectivity index is 1.32. The van der Waals surface area contributed by atoms with Crippen LogP contribution in [0.3, 0.4) is 0 Å². The molecule has 25 heavy (non-hydrogen) atoms. The predicted molar refractivity (Wildman–Crippen MR) is 105 cm³/mol. The second kappa shape index (κ2) is 7.80. The summed E-state index contributed by atoms with van der Waals surface area (Å²) in [5.41, 5.74) is 2.11. The molecule has 5 rings (SSSR count). The smallest absolute Gasteiger partial charge is 0.0270 e. The Morgan fingerprint density at radius 1 is 1.04 bits per heavy atom. The van der Waals surface area contributed by atoms with Gasteiger partial charge in [-0.2, -0.15) is 0 Å². The van der Waals surface area contributed by atoms with Gasteiger partial charge >= 0.3 is 0 Å². The number of hydrogen-bond acceptors (Lipinski definition) is 1. The first-order chi connectivity index (χ1) is 12.2. The molecular formula is C24H36N.